The third-order valence-corrected chi connectivity index (χ3v) is 3.37. The third-order valence-electron chi connectivity index (χ3n) is 3.37. The molecule has 0 aliphatic carbocycles. The fourth-order valence-corrected chi connectivity index (χ4v) is 2.19. The number of hydrogen-bond acceptors (Lipinski definition) is 3. The van der Waals surface area contributed by atoms with Gasteiger partial charge < -0.3 is 15.3 Å². The van der Waals surface area contributed by atoms with Crippen molar-refractivity contribution in [2.24, 2.45) is 5.92 Å². The Balaban J connectivity index is 1.95. The Hall–Kier alpha value is -1.88. The lowest BCUT2D eigenvalue weighted by Crippen LogP contribution is -2.28. The maximum atomic E-state index is 12.0. The molecule has 2 rings (SSSR count). The minimum Gasteiger partial charge on any atom is -0.392 e. The van der Waals surface area contributed by atoms with E-state index in [4.69, 9.17) is 5.11 Å². The van der Waals surface area contributed by atoms with Crippen molar-refractivity contribution < 1.29 is 14.7 Å². The number of hydrogen-bond donors (Lipinski definition) is 2. The van der Waals surface area contributed by atoms with E-state index in [1.165, 1.54) is 0 Å². The minimum atomic E-state index is -0.273. The van der Waals surface area contributed by atoms with Crippen molar-refractivity contribution in [1.82, 2.24) is 4.90 Å². The number of nitrogens with one attached hydrogen (secondary N) is 1. The van der Waals surface area contributed by atoms with Crippen LogP contribution in [0.15, 0.2) is 24.3 Å². The van der Waals surface area contributed by atoms with Crippen molar-refractivity contribution in [3.8, 4) is 0 Å². The quantitative estimate of drug-likeness (QED) is 0.850. The highest BCUT2D eigenvalue weighted by molar-refractivity contribution is 5.97. The Labute approximate surface area is 112 Å². The largest absolute Gasteiger partial charge is 0.392 e. The molecule has 102 valence electrons. The van der Waals surface area contributed by atoms with Crippen molar-refractivity contribution in [2.75, 3.05) is 18.4 Å². The topological polar surface area (TPSA) is 69.6 Å². The summed E-state index contributed by atoms with van der Waals surface area (Å²) in [5, 5.41) is 11.7. The molecular weight excluding hydrogens is 244 g/mol. The molecule has 5 nitrogen and oxygen atoms in total. The molecule has 1 aromatic carbocycles. The Morgan fingerprint density at radius 1 is 1.42 bits per heavy atom. The van der Waals surface area contributed by atoms with E-state index in [9.17, 15) is 9.59 Å². The van der Waals surface area contributed by atoms with Crippen LogP contribution >= 0.6 is 0 Å². The lowest BCUT2D eigenvalue weighted by molar-refractivity contribution is -0.128. The molecule has 1 aliphatic rings. The number of anilines is 1. The van der Waals surface area contributed by atoms with Crippen LogP contribution in [0.3, 0.4) is 0 Å². The van der Waals surface area contributed by atoms with Crippen molar-refractivity contribution >= 4 is 17.5 Å². The molecule has 0 radical (unpaired) electrons. The Morgan fingerprint density at radius 3 is 2.63 bits per heavy atom. The first kappa shape index (κ1) is 13.5. The molecule has 1 atom stereocenters. The first-order valence-corrected chi connectivity index (χ1v) is 6.42. The number of aliphatic hydroxyl groups is 1. The fourth-order valence-electron chi connectivity index (χ4n) is 2.19. The van der Waals surface area contributed by atoms with Gasteiger partial charge in [-0.2, -0.15) is 0 Å². The number of likely N-dealkylation sites (tertiary alicyclic amines) is 1. The lowest BCUT2D eigenvalue weighted by Gasteiger charge is -2.13. The molecule has 0 aromatic heterocycles. The van der Waals surface area contributed by atoms with Crippen LogP contribution in [0.2, 0.25) is 0 Å². The van der Waals surface area contributed by atoms with Gasteiger partial charge in [0.05, 0.1) is 12.5 Å². The van der Waals surface area contributed by atoms with Crippen LogP contribution in [-0.2, 0) is 16.2 Å². The maximum Gasteiger partial charge on any atom is 0.229 e. The Morgan fingerprint density at radius 2 is 2.11 bits per heavy atom. The molecular formula is C14H18N2O3. The van der Waals surface area contributed by atoms with E-state index in [2.05, 4.69) is 5.32 Å². The van der Waals surface area contributed by atoms with Crippen molar-refractivity contribution in [1.29, 1.82) is 0 Å². The Kier molecular flexibility index (Phi) is 4.16. The smallest absolute Gasteiger partial charge is 0.229 e. The molecule has 1 unspecified atom stereocenters. The van der Waals surface area contributed by atoms with Gasteiger partial charge >= 0.3 is 0 Å². The second kappa shape index (κ2) is 5.84. The van der Waals surface area contributed by atoms with Crippen molar-refractivity contribution in [3.63, 3.8) is 0 Å². The first-order chi connectivity index (χ1) is 9.13. The van der Waals surface area contributed by atoms with Crippen molar-refractivity contribution in [2.45, 2.75) is 20.0 Å². The van der Waals surface area contributed by atoms with E-state index in [1.54, 1.807) is 29.2 Å². The highest BCUT2D eigenvalue weighted by Gasteiger charge is 2.33. The molecule has 19 heavy (non-hydrogen) atoms. The zero-order valence-corrected chi connectivity index (χ0v) is 10.9. The summed E-state index contributed by atoms with van der Waals surface area (Å²) in [7, 11) is 0. The summed E-state index contributed by atoms with van der Waals surface area (Å²) in [6, 6.07) is 7.01. The number of amides is 2. The van der Waals surface area contributed by atoms with Crippen LogP contribution in [0.4, 0.5) is 5.69 Å². The second-order valence-corrected chi connectivity index (χ2v) is 4.68. The lowest BCUT2D eigenvalue weighted by atomic mass is 10.1. The first-order valence-electron chi connectivity index (χ1n) is 6.42. The van der Waals surface area contributed by atoms with Gasteiger partial charge in [0.15, 0.2) is 0 Å². The van der Waals surface area contributed by atoms with Gasteiger partial charge in [-0.3, -0.25) is 9.59 Å². The molecule has 1 heterocycles. The minimum absolute atomic E-state index is 0.0171. The predicted octanol–water partition coefficient (Wildman–Crippen LogP) is 0.986. The van der Waals surface area contributed by atoms with E-state index < -0.39 is 0 Å². The van der Waals surface area contributed by atoms with Crippen LogP contribution in [-0.4, -0.2) is 34.9 Å². The number of carbonyl (C=O) groups excluding carboxylic acids is 2. The van der Waals surface area contributed by atoms with Gasteiger partial charge in [-0.15, -0.1) is 0 Å². The summed E-state index contributed by atoms with van der Waals surface area (Å²) in [4.78, 5) is 25.3. The van der Waals surface area contributed by atoms with Crippen molar-refractivity contribution in [3.05, 3.63) is 29.8 Å². The standard InChI is InChI=1S/C14H18N2O3/c1-2-16-8-11(7-13(16)18)14(19)15-12-5-3-10(9-17)4-6-12/h3-6,11,17H,2,7-9H2,1H3,(H,15,19). The summed E-state index contributed by atoms with van der Waals surface area (Å²) in [6.07, 6.45) is 0.286. The molecule has 5 heteroatoms. The normalized spacial score (nSPS) is 18.7. The van der Waals surface area contributed by atoms with Gasteiger partial charge in [0, 0.05) is 25.2 Å². The maximum absolute atomic E-state index is 12.0. The summed E-state index contributed by atoms with van der Waals surface area (Å²) < 4.78 is 0. The van der Waals surface area contributed by atoms with Gasteiger partial charge in [0.25, 0.3) is 0 Å². The second-order valence-electron chi connectivity index (χ2n) is 4.68. The van der Waals surface area contributed by atoms with Gasteiger partial charge in [-0.1, -0.05) is 12.1 Å². The van der Waals surface area contributed by atoms with Gasteiger partial charge in [-0.25, -0.2) is 0 Å². The van der Waals surface area contributed by atoms with Crippen LogP contribution < -0.4 is 5.32 Å². The number of nitrogens with zero attached hydrogens (tertiary/aromatic N) is 1. The van der Waals surface area contributed by atoms with Gasteiger partial charge in [0.1, 0.15) is 0 Å². The van der Waals surface area contributed by atoms with E-state index in [-0.39, 0.29) is 30.8 Å². The molecule has 1 aromatic rings. The van der Waals surface area contributed by atoms with E-state index in [1.807, 2.05) is 6.92 Å². The molecule has 1 fully saturated rings. The van der Waals surface area contributed by atoms with Crippen LogP contribution in [0, 0.1) is 5.92 Å². The highest BCUT2D eigenvalue weighted by Crippen LogP contribution is 2.19. The molecule has 2 amide bonds. The third kappa shape index (κ3) is 3.12. The number of aliphatic hydroxyl groups excluding tert-OH is 1. The van der Waals surface area contributed by atoms with Gasteiger partial charge in [-0.05, 0) is 24.6 Å². The molecule has 0 spiro atoms. The molecule has 0 saturated carbocycles. The average Bonchev–Trinajstić information content (AvgIpc) is 2.81. The van der Waals surface area contributed by atoms with E-state index in [0.717, 1.165) is 5.56 Å². The molecule has 1 saturated heterocycles. The summed E-state index contributed by atoms with van der Waals surface area (Å²) in [5.41, 5.74) is 1.48. The summed E-state index contributed by atoms with van der Waals surface area (Å²) in [5.74, 6) is -0.357. The SMILES string of the molecule is CCN1CC(C(=O)Nc2ccc(CO)cc2)CC1=O. The van der Waals surface area contributed by atoms with Crippen LogP contribution in [0.5, 0.6) is 0 Å². The molecule has 0 bridgehead atoms. The van der Waals surface area contributed by atoms with Gasteiger partial charge in [0.2, 0.25) is 11.8 Å². The zero-order valence-electron chi connectivity index (χ0n) is 10.9. The van der Waals surface area contributed by atoms with Crippen LogP contribution in [0.1, 0.15) is 18.9 Å². The average molecular weight is 262 g/mol. The predicted molar refractivity (Wildman–Crippen MR) is 71.4 cm³/mol. The number of carbonyl (C=O) groups is 2. The Bertz CT molecular complexity index is 470. The molecule has 1 aliphatic heterocycles. The monoisotopic (exact) mass is 262 g/mol. The number of rotatable bonds is 4. The number of benzene rings is 1. The highest BCUT2D eigenvalue weighted by atomic mass is 16.3. The zero-order chi connectivity index (χ0) is 13.8. The molecule has 2 N–H and O–H groups in total. The summed E-state index contributed by atoms with van der Waals surface area (Å²) in [6.45, 7) is 3.03. The van der Waals surface area contributed by atoms with E-state index >= 15 is 0 Å². The summed E-state index contributed by atoms with van der Waals surface area (Å²) >= 11 is 0. The van der Waals surface area contributed by atoms with E-state index in [0.29, 0.717) is 18.8 Å². The fraction of sp³-hybridized carbons (Fsp3) is 0.429. The van der Waals surface area contributed by atoms with Crippen LogP contribution in [0.25, 0.3) is 0 Å².